The number of aliphatic imine (C=N–C) groups is 1. The Morgan fingerprint density at radius 3 is 2.71 bits per heavy atom. The normalized spacial score (nSPS) is 25.1. The summed E-state index contributed by atoms with van der Waals surface area (Å²) in [6.07, 6.45) is 1.48. The molecule has 2 rings (SSSR count). The molecule has 14 heavy (non-hydrogen) atoms. The van der Waals surface area contributed by atoms with Crippen LogP contribution in [0.4, 0.5) is 0 Å². The van der Waals surface area contributed by atoms with Crippen molar-refractivity contribution in [3.05, 3.63) is 33.8 Å². The van der Waals surface area contributed by atoms with Crippen molar-refractivity contribution in [2.45, 2.75) is 5.79 Å². The van der Waals surface area contributed by atoms with Crippen molar-refractivity contribution >= 4 is 29.5 Å². The van der Waals surface area contributed by atoms with Crippen molar-refractivity contribution in [2.75, 3.05) is 0 Å². The van der Waals surface area contributed by atoms with Crippen molar-refractivity contribution in [1.29, 1.82) is 0 Å². The average Bonchev–Trinajstić information content (AvgIpc) is 2.52. The summed E-state index contributed by atoms with van der Waals surface area (Å²) in [5.74, 6) is -1.01. The predicted octanol–water partition coefficient (Wildman–Crippen LogP) is 1.20. The van der Waals surface area contributed by atoms with Crippen molar-refractivity contribution in [3.63, 3.8) is 0 Å². The SMILES string of the molecule is NC1(c2ccc(Cl)cc2Cl)N=CNN1. The number of hydrogen-bond donors (Lipinski definition) is 3. The van der Waals surface area contributed by atoms with Gasteiger partial charge < -0.3 is 5.43 Å². The molecule has 0 saturated carbocycles. The fraction of sp³-hybridized carbons (Fsp3) is 0.125. The van der Waals surface area contributed by atoms with Gasteiger partial charge in [-0.3, -0.25) is 5.73 Å². The van der Waals surface area contributed by atoms with Crippen LogP contribution >= 0.6 is 23.2 Å². The summed E-state index contributed by atoms with van der Waals surface area (Å²) < 4.78 is 0. The Hall–Kier alpha value is -0.810. The molecule has 0 spiro atoms. The summed E-state index contributed by atoms with van der Waals surface area (Å²) in [5, 5.41) is 1.05. The van der Waals surface area contributed by atoms with Crippen molar-refractivity contribution < 1.29 is 0 Å². The number of benzene rings is 1. The van der Waals surface area contributed by atoms with Crippen molar-refractivity contribution in [1.82, 2.24) is 10.9 Å². The van der Waals surface area contributed by atoms with E-state index in [9.17, 15) is 0 Å². The molecule has 0 amide bonds. The second kappa shape index (κ2) is 3.40. The first-order chi connectivity index (χ1) is 6.62. The van der Waals surface area contributed by atoms with Gasteiger partial charge in [0, 0.05) is 10.6 Å². The van der Waals surface area contributed by atoms with Crippen LogP contribution in [0, 0.1) is 0 Å². The average molecular weight is 231 g/mol. The molecule has 74 valence electrons. The highest BCUT2D eigenvalue weighted by Crippen LogP contribution is 2.28. The van der Waals surface area contributed by atoms with Crippen LogP contribution in [0.15, 0.2) is 23.2 Å². The van der Waals surface area contributed by atoms with E-state index >= 15 is 0 Å². The highest BCUT2D eigenvalue weighted by molar-refractivity contribution is 6.35. The van der Waals surface area contributed by atoms with E-state index in [-0.39, 0.29) is 0 Å². The van der Waals surface area contributed by atoms with Gasteiger partial charge in [0.05, 0.1) is 5.02 Å². The van der Waals surface area contributed by atoms with Gasteiger partial charge in [-0.1, -0.05) is 29.3 Å². The van der Waals surface area contributed by atoms with Crippen LogP contribution in [0.5, 0.6) is 0 Å². The Bertz CT molecular complexity index is 393. The molecule has 0 fully saturated rings. The number of nitrogens with one attached hydrogen (secondary N) is 2. The lowest BCUT2D eigenvalue weighted by Crippen LogP contribution is -2.49. The number of hydrogen-bond acceptors (Lipinski definition) is 4. The van der Waals surface area contributed by atoms with Gasteiger partial charge in [0.1, 0.15) is 6.34 Å². The Balaban J connectivity index is 2.46. The molecule has 1 aromatic rings. The first-order valence-electron chi connectivity index (χ1n) is 3.93. The van der Waals surface area contributed by atoms with Gasteiger partial charge in [-0.15, -0.1) is 0 Å². The minimum atomic E-state index is -1.01. The Labute approximate surface area is 91.1 Å². The maximum atomic E-state index is 5.99. The third-order valence-corrected chi connectivity index (χ3v) is 2.49. The molecule has 4 nitrogen and oxygen atoms in total. The largest absolute Gasteiger partial charge is 0.309 e. The van der Waals surface area contributed by atoms with E-state index in [0.29, 0.717) is 15.6 Å². The topological polar surface area (TPSA) is 62.4 Å². The summed E-state index contributed by atoms with van der Waals surface area (Å²) in [6, 6.07) is 5.08. The molecule has 0 radical (unpaired) electrons. The van der Waals surface area contributed by atoms with Gasteiger partial charge in [-0.25, -0.2) is 4.99 Å². The van der Waals surface area contributed by atoms with E-state index in [1.54, 1.807) is 18.2 Å². The first kappa shape index (κ1) is 9.73. The van der Waals surface area contributed by atoms with Gasteiger partial charge in [-0.05, 0) is 12.1 Å². The van der Waals surface area contributed by atoms with Gasteiger partial charge in [0.25, 0.3) is 0 Å². The minimum absolute atomic E-state index is 0.480. The fourth-order valence-electron chi connectivity index (χ4n) is 1.24. The van der Waals surface area contributed by atoms with Crippen LogP contribution in [-0.2, 0) is 5.79 Å². The van der Waals surface area contributed by atoms with Crippen LogP contribution in [0.25, 0.3) is 0 Å². The molecule has 0 bridgehead atoms. The first-order valence-corrected chi connectivity index (χ1v) is 4.68. The van der Waals surface area contributed by atoms with E-state index in [0.717, 1.165) is 0 Å². The maximum absolute atomic E-state index is 5.99. The Morgan fingerprint density at radius 1 is 1.36 bits per heavy atom. The summed E-state index contributed by atoms with van der Waals surface area (Å²) in [6.45, 7) is 0. The molecule has 1 aliphatic rings. The number of nitrogens with zero attached hydrogens (tertiary/aromatic N) is 1. The van der Waals surface area contributed by atoms with Gasteiger partial charge in [0.2, 0.25) is 5.79 Å². The van der Waals surface area contributed by atoms with Crippen molar-refractivity contribution in [2.24, 2.45) is 10.7 Å². The lowest BCUT2D eigenvalue weighted by molar-refractivity contribution is 0.375. The fourth-order valence-corrected chi connectivity index (χ4v) is 1.80. The van der Waals surface area contributed by atoms with E-state index in [1.807, 2.05) is 0 Å². The molecule has 1 heterocycles. The van der Waals surface area contributed by atoms with Crippen molar-refractivity contribution in [3.8, 4) is 0 Å². The molecular weight excluding hydrogens is 223 g/mol. The van der Waals surface area contributed by atoms with Crippen LogP contribution in [0.2, 0.25) is 10.0 Å². The molecule has 6 heteroatoms. The molecule has 1 aliphatic heterocycles. The molecule has 0 aliphatic carbocycles. The third kappa shape index (κ3) is 1.57. The molecular formula is C8H8Cl2N4. The van der Waals surface area contributed by atoms with Crippen LogP contribution < -0.4 is 16.6 Å². The second-order valence-electron chi connectivity index (χ2n) is 2.92. The number of rotatable bonds is 1. The monoisotopic (exact) mass is 230 g/mol. The van der Waals surface area contributed by atoms with Gasteiger partial charge in [0.15, 0.2) is 0 Å². The van der Waals surface area contributed by atoms with E-state index < -0.39 is 5.79 Å². The molecule has 1 atom stereocenters. The smallest absolute Gasteiger partial charge is 0.208 e. The van der Waals surface area contributed by atoms with E-state index in [1.165, 1.54) is 6.34 Å². The third-order valence-electron chi connectivity index (χ3n) is 1.94. The zero-order valence-corrected chi connectivity index (χ0v) is 8.60. The Kier molecular flexibility index (Phi) is 2.36. The zero-order valence-electron chi connectivity index (χ0n) is 7.09. The lowest BCUT2D eigenvalue weighted by Gasteiger charge is -2.22. The van der Waals surface area contributed by atoms with Crippen LogP contribution in [0.3, 0.4) is 0 Å². The summed E-state index contributed by atoms with van der Waals surface area (Å²) >= 11 is 11.8. The predicted molar refractivity (Wildman–Crippen MR) is 57.1 cm³/mol. The zero-order chi connectivity index (χ0) is 10.2. The molecule has 0 saturated heterocycles. The lowest BCUT2D eigenvalue weighted by atomic mass is 10.1. The minimum Gasteiger partial charge on any atom is -0.309 e. The van der Waals surface area contributed by atoms with E-state index in [4.69, 9.17) is 28.9 Å². The number of nitrogens with two attached hydrogens (primary N) is 1. The molecule has 0 aromatic heterocycles. The van der Waals surface area contributed by atoms with Gasteiger partial charge in [-0.2, -0.15) is 5.43 Å². The highest BCUT2D eigenvalue weighted by atomic mass is 35.5. The molecule has 4 N–H and O–H groups in total. The number of hydrazine groups is 1. The summed E-state index contributed by atoms with van der Waals surface area (Å²) in [7, 11) is 0. The number of halogens is 2. The van der Waals surface area contributed by atoms with E-state index in [2.05, 4.69) is 15.8 Å². The molecule has 1 aromatic carbocycles. The quantitative estimate of drug-likeness (QED) is 0.680. The maximum Gasteiger partial charge on any atom is 0.208 e. The Morgan fingerprint density at radius 2 is 2.14 bits per heavy atom. The summed E-state index contributed by atoms with van der Waals surface area (Å²) in [4.78, 5) is 4.03. The summed E-state index contributed by atoms with van der Waals surface area (Å²) in [5.41, 5.74) is 12.1. The van der Waals surface area contributed by atoms with Gasteiger partial charge >= 0.3 is 0 Å². The highest BCUT2D eigenvalue weighted by Gasteiger charge is 2.30. The van der Waals surface area contributed by atoms with Crippen LogP contribution in [-0.4, -0.2) is 6.34 Å². The second-order valence-corrected chi connectivity index (χ2v) is 3.76. The molecule has 1 unspecified atom stereocenters. The van der Waals surface area contributed by atoms with Crippen LogP contribution in [0.1, 0.15) is 5.56 Å². The standard InChI is InChI=1S/C8H8Cl2N4/c9-5-1-2-6(7(10)3-5)8(11)12-4-13-14-8/h1-4,14H,11H2,(H,12,13).